The molecule has 1 aliphatic rings. The molecule has 9 heteroatoms. The van der Waals surface area contributed by atoms with Crippen molar-refractivity contribution in [3.63, 3.8) is 0 Å². The highest BCUT2D eigenvalue weighted by Gasteiger charge is 2.24. The molecule has 1 amide bonds. The second-order valence-corrected chi connectivity index (χ2v) is 7.57. The zero-order chi connectivity index (χ0) is 20.5. The number of aromatic nitrogens is 3. The van der Waals surface area contributed by atoms with E-state index in [1.54, 1.807) is 17.0 Å². The second-order valence-electron chi connectivity index (χ2n) is 7.13. The molecule has 1 aromatic carbocycles. The number of nitrogens with zero attached hydrogens (tertiary/aromatic N) is 4. The lowest BCUT2D eigenvalue weighted by Gasteiger charge is -2.17. The summed E-state index contributed by atoms with van der Waals surface area (Å²) in [4.78, 5) is 34.7. The number of aryl methyl sites for hydroxylation is 1. The number of benzene rings is 1. The van der Waals surface area contributed by atoms with Crippen molar-refractivity contribution in [2.75, 3.05) is 19.4 Å². The van der Waals surface area contributed by atoms with Crippen molar-refractivity contribution in [1.82, 2.24) is 19.4 Å². The first-order valence-corrected chi connectivity index (χ1v) is 9.94. The highest BCUT2D eigenvalue weighted by Crippen LogP contribution is 2.31. The molecule has 0 aliphatic carbocycles. The van der Waals surface area contributed by atoms with Gasteiger partial charge >= 0.3 is 5.97 Å². The zero-order valence-electron chi connectivity index (χ0n) is 16.2. The normalized spacial score (nSPS) is 14.3. The minimum absolute atomic E-state index is 0.126. The number of methoxy groups -OCH3 is 1. The molecule has 8 nitrogen and oxygen atoms in total. The van der Waals surface area contributed by atoms with Gasteiger partial charge in [0, 0.05) is 36.3 Å². The molecule has 0 saturated carbocycles. The number of halogens is 1. The lowest BCUT2D eigenvalue weighted by molar-refractivity contribution is -0.140. The Morgan fingerprint density at radius 1 is 1.34 bits per heavy atom. The summed E-state index contributed by atoms with van der Waals surface area (Å²) in [6, 6.07) is 5.47. The van der Waals surface area contributed by atoms with Crippen LogP contribution in [0.2, 0.25) is 5.02 Å². The molecule has 0 unspecified atom stereocenters. The maximum atomic E-state index is 12.1. The van der Waals surface area contributed by atoms with E-state index in [4.69, 9.17) is 27.1 Å². The number of nitrogens with two attached hydrogens (primary N) is 1. The maximum Gasteiger partial charge on any atom is 0.305 e. The Bertz CT molecular complexity index is 1110. The molecule has 4 rings (SSSR count). The summed E-state index contributed by atoms with van der Waals surface area (Å²) in [6.45, 7) is 1.67. The van der Waals surface area contributed by atoms with Gasteiger partial charge < -0.3 is 19.9 Å². The molecule has 1 fully saturated rings. The molecule has 1 aliphatic heterocycles. The van der Waals surface area contributed by atoms with E-state index in [2.05, 4.69) is 4.98 Å². The third-order valence-corrected chi connectivity index (χ3v) is 5.47. The number of anilines is 1. The predicted molar refractivity (Wildman–Crippen MR) is 110 cm³/mol. The molecular formula is C20H22ClN5O3. The first-order chi connectivity index (χ1) is 14.0. The van der Waals surface area contributed by atoms with Crippen LogP contribution in [0.1, 0.15) is 31.5 Å². The van der Waals surface area contributed by atoms with E-state index in [0.29, 0.717) is 60.8 Å². The molecule has 0 bridgehead atoms. The SMILES string of the molecule is COC(=O)CCCn1c(CN2CCCC2=O)nc2c(N)nc3cc(Cl)ccc3c21. The predicted octanol–water partition coefficient (Wildman–Crippen LogP) is 2.90. The van der Waals surface area contributed by atoms with Crippen molar-refractivity contribution in [3.05, 3.63) is 29.0 Å². The van der Waals surface area contributed by atoms with E-state index in [1.165, 1.54) is 7.11 Å². The van der Waals surface area contributed by atoms with Crippen LogP contribution in [0.4, 0.5) is 5.82 Å². The number of pyridine rings is 1. The number of carbonyl (C=O) groups excluding carboxylic acids is 2. The van der Waals surface area contributed by atoms with Crippen LogP contribution in [0, 0.1) is 0 Å². The van der Waals surface area contributed by atoms with Gasteiger partial charge in [-0.25, -0.2) is 9.97 Å². The number of carbonyl (C=O) groups is 2. The number of imidazole rings is 1. The summed E-state index contributed by atoms with van der Waals surface area (Å²) in [7, 11) is 1.38. The number of hydrogen-bond acceptors (Lipinski definition) is 6. The molecule has 3 aromatic rings. The minimum Gasteiger partial charge on any atom is -0.469 e. The molecule has 3 heterocycles. The Labute approximate surface area is 172 Å². The molecule has 1 saturated heterocycles. The fraction of sp³-hybridized carbons (Fsp3) is 0.400. The number of likely N-dealkylation sites (tertiary alicyclic amines) is 1. The van der Waals surface area contributed by atoms with Crippen LogP contribution in [-0.2, 0) is 27.4 Å². The van der Waals surface area contributed by atoms with Crippen molar-refractivity contribution in [1.29, 1.82) is 0 Å². The maximum absolute atomic E-state index is 12.1. The van der Waals surface area contributed by atoms with Crippen LogP contribution in [0.15, 0.2) is 18.2 Å². The molecule has 0 atom stereocenters. The zero-order valence-corrected chi connectivity index (χ0v) is 16.9. The minimum atomic E-state index is -0.261. The van der Waals surface area contributed by atoms with E-state index in [9.17, 15) is 9.59 Å². The van der Waals surface area contributed by atoms with Gasteiger partial charge in [-0.3, -0.25) is 9.59 Å². The van der Waals surface area contributed by atoms with Crippen molar-refractivity contribution in [2.45, 2.75) is 38.8 Å². The monoisotopic (exact) mass is 415 g/mol. The number of nitrogen functional groups attached to an aromatic ring is 1. The Morgan fingerprint density at radius 2 is 2.17 bits per heavy atom. The fourth-order valence-corrected chi connectivity index (χ4v) is 3.98. The van der Waals surface area contributed by atoms with Crippen LogP contribution in [0.3, 0.4) is 0 Å². The number of esters is 1. The van der Waals surface area contributed by atoms with Crippen LogP contribution < -0.4 is 5.73 Å². The number of ether oxygens (including phenoxy) is 1. The smallest absolute Gasteiger partial charge is 0.305 e. The van der Waals surface area contributed by atoms with E-state index in [1.807, 2.05) is 10.6 Å². The van der Waals surface area contributed by atoms with Crippen LogP contribution in [0.5, 0.6) is 0 Å². The quantitative estimate of drug-likeness (QED) is 0.621. The summed E-state index contributed by atoms with van der Waals surface area (Å²) in [5.74, 6) is 0.913. The second kappa shape index (κ2) is 7.87. The van der Waals surface area contributed by atoms with Crippen molar-refractivity contribution in [2.24, 2.45) is 0 Å². The van der Waals surface area contributed by atoms with Crippen LogP contribution in [-0.4, -0.2) is 45.0 Å². The molecule has 152 valence electrons. The van der Waals surface area contributed by atoms with E-state index < -0.39 is 0 Å². The third-order valence-electron chi connectivity index (χ3n) is 5.24. The molecule has 29 heavy (non-hydrogen) atoms. The van der Waals surface area contributed by atoms with E-state index >= 15 is 0 Å². The van der Waals surface area contributed by atoms with Crippen LogP contribution >= 0.6 is 11.6 Å². The van der Waals surface area contributed by atoms with Gasteiger partial charge in [-0.05, 0) is 31.0 Å². The summed E-state index contributed by atoms with van der Waals surface area (Å²) in [5, 5.41) is 1.45. The Balaban J connectivity index is 1.82. The lowest BCUT2D eigenvalue weighted by Crippen LogP contribution is -2.26. The Hall–Kier alpha value is -2.87. The van der Waals surface area contributed by atoms with Gasteiger partial charge in [0.05, 0.1) is 24.7 Å². The van der Waals surface area contributed by atoms with Crippen molar-refractivity contribution in [3.8, 4) is 0 Å². The summed E-state index contributed by atoms with van der Waals surface area (Å²) in [5.41, 5.74) is 8.32. The average Bonchev–Trinajstić information content (AvgIpc) is 3.26. The van der Waals surface area contributed by atoms with Crippen molar-refractivity contribution >= 4 is 51.2 Å². The van der Waals surface area contributed by atoms with Gasteiger partial charge in [0.25, 0.3) is 0 Å². The topological polar surface area (TPSA) is 103 Å². The van der Waals surface area contributed by atoms with Gasteiger partial charge in [-0.2, -0.15) is 0 Å². The summed E-state index contributed by atoms with van der Waals surface area (Å²) < 4.78 is 6.79. The van der Waals surface area contributed by atoms with E-state index in [-0.39, 0.29) is 11.9 Å². The molecule has 2 aromatic heterocycles. The summed E-state index contributed by atoms with van der Waals surface area (Å²) >= 11 is 6.13. The van der Waals surface area contributed by atoms with E-state index in [0.717, 1.165) is 23.1 Å². The molecule has 0 spiro atoms. The Morgan fingerprint density at radius 3 is 2.90 bits per heavy atom. The van der Waals surface area contributed by atoms with Gasteiger partial charge in [0.1, 0.15) is 11.3 Å². The molecule has 2 N–H and O–H groups in total. The Kier molecular flexibility index (Phi) is 5.27. The first-order valence-electron chi connectivity index (χ1n) is 9.56. The van der Waals surface area contributed by atoms with Crippen molar-refractivity contribution < 1.29 is 14.3 Å². The fourth-order valence-electron chi connectivity index (χ4n) is 3.82. The van der Waals surface area contributed by atoms with Gasteiger partial charge in [-0.1, -0.05) is 11.6 Å². The first kappa shape index (κ1) is 19.4. The molecular weight excluding hydrogens is 394 g/mol. The largest absolute Gasteiger partial charge is 0.469 e. The van der Waals surface area contributed by atoms with Gasteiger partial charge in [0.15, 0.2) is 5.82 Å². The van der Waals surface area contributed by atoms with Gasteiger partial charge in [-0.15, -0.1) is 0 Å². The highest BCUT2D eigenvalue weighted by molar-refractivity contribution is 6.31. The lowest BCUT2D eigenvalue weighted by atomic mass is 10.2. The number of hydrogen-bond donors (Lipinski definition) is 1. The van der Waals surface area contributed by atoms with Gasteiger partial charge in [0.2, 0.25) is 5.91 Å². The molecule has 0 radical (unpaired) electrons. The standard InChI is InChI=1S/C20H22ClN5O3/c1-29-17(28)5-3-9-26-15(11-25-8-2-4-16(25)27)24-18-19(26)13-7-6-12(21)10-14(13)23-20(18)22/h6-7,10H,2-5,8-9,11H2,1H3,(H2,22,23). The summed E-state index contributed by atoms with van der Waals surface area (Å²) in [6.07, 6.45) is 2.29. The third kappa shape index (κ3) is 3.72. The number of rotatable bonds is 6. The number of amides is 1. The number of fused-ring (bicyclic) bond motifs is 3. The van der Waals surface area contributed by atoms with Crippen LogP contribution in [0.25, 0.3) is 21.9 Å². The average molecular weight is 416 g/mol. The highest BCUT2D eigenvalue weighted by atomic mass is 35.5.